The molecule has 0 spiro atoms. The fourth-order valence-corrected chi connectivity index (χ4v) is 4.08. The number of carboxylic acids is 1. The monoisotopic (exact) mass is 499 g/mol. The van der Waals surface area contributed by atoms with E-state index < -0.39 is 29.4 Å². The van der Waals surface area contributed by atoms with Crippen molar-refractivity contribution in [2.24, 2.45) is 17.8 Å². The summed E-state index contributed by atoms with van der Waals surface area (Å²) in [6.45, 7) is 5.92. The van der Waals surface area contributed by atoms with Gasteiger partial charge < -0.3 is 15.2 Å². The van der Waals surface area contributed by atoms with Gasteiger partial charge in [0, 0.05) is 18.9 Å². The fourth-order valence-electron chi connectivity index (χ4n) is 3.84. The zero-order valence-corrected chi connectivity index (χ0v) is 19.8. The standard InChI is InChI=1S/C23H31BrFNO5/c1-23(2,3)31-22(30)26-13-14-4-7-16(8-5-14)20(27)12-17(21(28)29)10-15-6-9-18(24)19(25)11-15/h6,9,11,14,16-17H,4-5,7-8,10,12-13H2,1-3H3,(H,26,30)(H,28,29)/t14?,16?,17-/m1/s1. The number of hydrogen-bond donors (Lipinski definition) is 2. The van der Waals surface area contributed by atoms with Crippen LogP contribution in [-0.4, -0.2) is 35.1 Å². The first-order valence-corrected chi connectivity index (χ1v) is 11.4. The van der Waals surface area contributed by atoms with Crippen molar-refractivity contribution in [2.45, 2.75) is 64.9 Å². The number of carbonyl (C=O) groups excluding carboxylic acids is 2. The van der Waals surface area contributed by atoms with E-state index in [1.807, 2.05) is 0 Å². The van der Waals surface area contributed by atoms with Gasteiger partial charge in [0.05, 0.1) is 10.4 Å². The largest absolute Gasteiger partial charge is 0.481 e. The lowest BCUT2D eigenvalue weighted by Crippen LogP contribution is -2.36. The van der Waals surface area contributed by atoms with Crippen molar-refractivity contribution >= 4 is 33.8 Å². The Labute approximate surface area is 191 Å². The van der Waals surface area contributed by atoms with Gasteiger partial charge in [-0.1, -0.05) is 6.07 Å². The van der Waals surface area contributed by atoms with Crippen LogP contribution in [0.4, 0.5) is 9.18 Å². The lowest BCUT2D eigenvalue weighted by molar-refractivity contribution is -0.144. The zero-order valence-electron chi connectivity index (χ0n) is 18.2. The fraction of sp³-hybridized carbons (Fsp3) is 0.609. The molecule has 31 heavy (non-hydrogen) atoms. The van der Waals surface area contributed by atoms with Gasteiger partial charge in [-0.25, -0.2) is 9.18 Å². The highest BCUT2D eigenvalue weighted by atomic mass is 79.9. The Balaban J connectivity index is 1.81. The number of alkyl carbamates (subject to hydrolysis) is 1. The van der Waals surface area contributed by atoms with Gasteiger partial charge in [-0.05, 0) is 92.4 Å². The summed E-state index contributed by atoms with van der Waals surface area (Å²) in [6.07, 6.45) is 2.56. The maximum atomic E-state index is 13.7. The Hall–Kier alpha value is -1.96. The van der Waals surface area contributed by atoms with Gasteiger partial charge in [-0.2, -0.15) is 0 Å². The molecule has 0 aromatic heterocycles. The van der Waals surface area contributed by atoms with E-state index in [0.717, 1.165) is 12.8 Å². The molecule has 8 heteroatoms. The molecular formula is C23H31BrFNO5. The van der Waals surface area contributed by atoms with Gasteiger partial charge in [0.1, 0.15) is 17.2 Å². The molecule has 2 rings (SSSR count). The molecule has 1 saturated carbocycles. The van der Waals surface area contributed by atoms with E-state index in [0.29, 0.717) is 29.4 Å². The molecule has 0 heterocycles. The van der Waals surface area contributed by atoms with Crippen LogP contribution >= 0.6 is 15.9 Å². The summed E-state index contributed by atoms with van der Waals surface area (Å²) in [7, 11) is 0. The lowest BCUT2D eigenvalue weighted by Gasteiger charge is -2.29. The SMILES string of the molecule is CC(C)(C)OC(=O)NCC1CCC(C(=O)C[C@@H](Cc2ccc(Br)c(F)c2)C(=O)O)CC1. The second-order valence-corrected chi connectivity index (χ2v) is 10.1. The van der Waals surface area contributed by atoms with Crippen LogP contribution in [0.1, 0.15) is 58.4 Å². The first-order chi connectivity index (χ1) is 14.4. The highest BCUT2D eigenvalue weighted by Crippen LogP contribution is 2.31. The summed E-state index contributed by atoms with van der Waals surface area (Å²) in [5.41, 5.74) is 0.00876. The molecule has 1 amide bonds. The number of aliphatic carboxylic acids is 1. The molecule has 2 N–H and O–H groups in total. The molecule has 172 valence electrons. The third kappa shape index (κ3) is 8.59. The summed E-state index contributed by atoms with van der Waals surface area (Å²) < 4.78 is 19.3. The summed E-state index contributed by atoms with van der Waals surface area (Å²) in [5, 5.41) is 12.3. The Morgan fingerprint density at radius 1 is 1.23 bits per heavy atom. The molecule has 6 nitrogen and oxygen atoms in total. The molecule has 0 bridgehead atoms. The number of carboxylic acid groups (broad SMARTS) is 1. The van der Waals surface area contributed by atoms with E-state index in [9.17, 15) is 23.9 Å². The first-order valence-electron chi connectivity index (χ1n) is 10.6. The quantitative estimate of drug-likeness (QED) is 0.517. The molecular weight excluding hydrogens is 469 g/mol. The number of nitrogens with one attached hydrogen (secondary N) is 1. The van der Waals surface area contributed by atoms with Crippen LogP contribution in [0, 0.1) is 23.6 Å². The number of carbonyl (C=O) groups is 3. The Kier molecular flexibility index (Phi) is 9.03. The summed E-state index contributed by atoms with van der Waals surface area (Å²) in [6, 6.07) is 4.50. The molecule has 1 aliphatic rings. The van der Waals surface area contributed by atoms with Gasteiger partial charge in [0.25, 0.3) is 0 Å². The molecule has 1 aromatic rings. The van der Waals surface area contributed by atoms with Crippen molar-refractivity contribution in [1.82, 2.24) is 5.32 Å². The number of halogens is 2. The maximum Gasteiger partial charge on any atom is 0.407 e. The van der Waals surface area contributed by atoms with Gasteiger partial charge in [0.2, 0.25) is 0 Å². The molecule has 1 atom stereocenters. The average Bonchev–Trinajstić information content (AvgIpc) is 2.67. The van der Waals surface area contributed by atoms with Gasteiger partial charge >= 0.3 is 12.1 Å². The molecule has 0 unspecified atom stereocenters. The minimum absolute atomic E-state index is 0.0523. The van der Waals surface area contributed by atoms with E-state index in [2.05, 4.69) is 21.2 Å². The molecule has 0 aliphatic heterocycles. The van der Waals surface area contributed by atoms with Crippen LogP contribution in [-0.2, 0) is 20.7 Å². The third-order valence-electron chi connectivity index (χ3n) is 5.50. The van der Waals surface area contributed by atoms with Crippen molar-refractivity contribution in [3.63, 3.8) is 0 Å². The number of benzene rings is 1. The van der Waals surface area contributed by atoms with E-state index in [1.54, 1.807) is 26.8 Å². The Morgan fingerprint density at radius 3 is 2.42 bits per heavy atom. The van der Waals surface area contributed by atoms with Crippen LogP contribution in [0.5, 0.6) is 0 Å². The van der Waals surface area contributed by atoms with Crippen molar-refractivity contribution in [1.29, 1.82) is 0 Å². The highest BCUT2D eigenvalue weighted by Gasteiger charge is 2.30. The van der Waals surface area contributed by atoms with Crippen molar-refractivity contribution in [2.75, 3.05) is 6.54 Å². The summed E-state index contributed by atoms with van der Waals surface area (Å²) in [5.74, 6) is -2.32. The predicted molar refractivity (Wildman–Crippen MR) is 118 cm³/mol. The number of hydrogen-bond acceptors (Lipinski definition) is 4. The topological polar surface area (TPSA) is 92.7 Å². The smallest absolute Gasteiger partial charge is 0.407 e. The molecule has 0 radical (unpaired) electrons. The second kappa shape index (κ2) is 11.1. The van der Waals surface area contributed by atoms with Gasteiger partial charge in [-0.15, -0.1) is 0 Å². The molecule has 1 fully saturated rings. The first kappa shape index (κ1) is 25.3. The van der Waals surface area contributed by atoms with Gasteiger partial charge in [0.15, 0.2) is 0 Å². The van der Waals surface area contributed by atoms with Crippen LogP contribution in [0.3, 0.4) is 0 Å². The van der Waals surface area contributed by atoms with E-state index >= 15 is 0 Å². The third-order valence-corrected chi connectivity index (χ3v) is 6.14. The Morgan fingerprint density at radius 2 is 1.87 bits per heavy atom. The van der Waals surface area contributed by atoms with Crippen LogP contribution in [0.25, 0.3) is 0 Å². The number of amides is 1. The minimum Gasteiger partial charge on any atom is -0.481 e. The predicted octanol–water partition coefficient (Wildman–Crippen LogP) is 5.12. The number of ketones is 1. The maximum absolute atomic E-state index is 13.7. The van der Waals surface area contributed by atoms with E-state index in [4.69, 9.17) is 4.74 Å². The van der Waals surface area contributed by atoms with E-state index in [1.165, 1.54) is 12.1 Å². The minimum atomic E-state index is -1.05. The van der Waals surface area contributed by atoms with Crippen LogP contribution in [0.2, 0.25) is 0 Å². The summed E-state index contributed by atoms with van der Waals surface area (Å²) in [4.78, 5) is 36.2. The highest BCUT2D eigenvalue weighted by molar-refractivity contribution is 9.10. The normalized spacial score (nSPS) is 20.0. The zero-order chi connectivity index (χ0) is 23.2. The number of rotatable bonds is 8. The van der Waals surface area contributed by atoms with Crippen molar-refractivity contribution in [3.8, 4) is 0 Å². The van der Waals surface area contributed by atoms with Gasteiger partial charge in [-0.3, -0.25) is 9.59 Å². The lowest BCUT2D eigenvalue weighted by atomic mass is 9.78. The van der Waals surface area contributed by atoms with Crippen LogP contribution in [0.15, 0.2) is 22.7 Å². The van der Waals surface area contributed by atoms with Crippen LogP contribution < -0.4 is 5.32 Å². The molecule has 0 saturated heterocycles. The summed E-state index contributed by atoms with van der Waals surface area (Å²) >= 11 is 3.08. The molecule has 1 aromatic carbocycles. The Bertz CT molecular complexity index is 800. The second-order valence-electron chi connectivity index (χ2n) is 9.26. The van der Waals surface area contributed by atoms with Crippen molar-refractivity contribution in [3.05, 3.63) is 34.1 Å². The average molecular weight is 500 g/mol. The number of ether oxygens (including phenoxy) is 1. The number of Topliss-reactive ketones (excluding diaryl/α,β-unsaturated/α-hetero) is 1. The van der Waals surface area contributed by atoms with Crippen molar-refractivity contribution < 1.29 is 28.6 Å². The molecule has 1 aliphatic carbocycles. The van der Waals surface area contributed by atoms with E-state index in [-0.39, 0.29) is 30.5 Å².